The number of amides is 5. The van der Waals surface area contributed by atoms with Crippen LogP contribution in [-0.4, -0.2) is 71.3 Å². The van der Waals surface area contributed by atoms with Crippen LogP contribution < -0.4 is 10.8 Å². The maximum atomic E-state index is 13.0. The van der Waals surface area contributed by atoms with Crippen LogP contribution in [-0.2, 0) is 28.7 Å². The van der Waals surface area contributed by atoms with Gasteiger partial charge in [-0.1, -0.05) is 18.6 Å². The van der Waals surface area contributed by atoms with Crippen molar-refractivity contribution in [1.29, 1.82) is 0 Å². The molecule has 10 nitrogen and oxygen atoms in total. The average molecular weight is 615 g/mol. The third-order valence-corrected chi connectivity index (χ3v) is 11.2. The molecule has 1 aromatic carbocycles. The number of thiophene rings is 1. The molecule has 0 spiro atoms. The van der Waals surface area contributed by atoms with Crippen molar-refractivity contribution in [2.45, 2.75) is 75.4 Å². The van der Waals surface area contributed by atoms with E-state index in [4.69, 9.17) is 9.57 Å². The summed E-state index contributed by atoms with van der Waals surface area (Å²) >= 11 is 3.48. The number of nitrogens with zero attached hydrogens (tertiary/aromatic N) is 2. The van der Waals surface area contributed by atoms with E-state index < -0.39 is 23.4 Å². The van der Waals surface area contributed by atoms with Crippen molar-refractivity contribution in [3.63, 3.8) is 0 Å². The number of urea groups is 1. The highest BCUT2D eigenvalue weighted by molar-refractivity contribution is 8.00. The van der Waals surface area contributed by atoms with Crippen LogP contribution in [0.25, 0.3) is 10.4 Å². The molecule has 3 aliphatic heterocycles. The Kier molecular flexibility index (Phi) is 9.26. The van der Waals surface area contributed by atoms with Crippen LogP contribution in [0.2, 0.25) is 0 Å². The number of nitrogens with one attached hydrogen (secondary N) is 2. The van der Waals surface area contributed by atoms with Crippen LogP contribution in [0.1, 0.15) is 63.7 Å². The van der Waals surface area contributed by atoms with Gasteiger partial charge in [0.05, 0.1) is 4.75 Å². The van der Waals surface area contributed by atoms with Gasteiger partial charge in [-0.3, -0.25) is 19.3 Å². The Hall–Kier alpha value is -2.93. The molecule has 3 aliphatic rings. The van der Waals surface area contributed by atoms with Gasteiger partial charge in [-0.2, -0.15) is 0 Å². The topological polar surface area (TPSA) is 117 Å². The third-order valence-electron chi connectivity index (χ3n) is 8.15. The zero-order valence-corrected chi connectivity index (χ0v) is 25.9. The van der Waals surface area contributed by atoms with Crippen LogP contribution in [0.15, 0.2) is 36.4 Å². The fourth-order valence-corrected chi connectivity index (χ4v) is 8.34. The highest BCUT2D eigenvalue weighted by Crippen LogP contribution is 2.51. The zero-order chi connectivity index (χ0) is 29.9. The van der Waals surface area contributed by atoms with Gasteiger partial charge in [-0.15, -0.1) is 23.1 Å². The summed E-state index contributed by atoms with van der Waals surface area (Å²) in [6.45, 7) is 3.62. The molecule has 1 aromatic heterocycles. The first kappa shape index (κ1) is 30.5. The highest BCUT2D eigenvalue weighted by atomic mass is 32.2. The van der Waals surface area contributed by atoms with E-state index in [0.29, 0.717) is 18.7 Å². The summed E-state index contributed by atoms with van der Waals surface area (Å²) in [6, 6.07) is 11.2. The Morgan fingerprint density at radius 3 is 2.62 bits per heavy atom. The Morgan fingerprint density at radius 1 is 1.10 bits per heavy atom. The summed E-state index contributed by atoms with van der Waals surface area (Å²) in [7, 11) is 1.56. The van der Waals surface area contributed by atoms with Crippen molar-refractivity contribution in [3.05, 3.63) is 41.3 Å². The molecular formula is C30H38N4O6S2. The SMILES string of the molecule is CN1C(=O)N(CC(=O)Nc2cccc(-c3ccc([C@@]4(CC(=O)NOC5CCCCO5)CCCCS4)s3)c2)C(=O)C1(C)C. The number of benzene rings is 1. The van der Waals surface area contributed by atoms with Crippen molar-refractivity contribution in [1.82, 2.24) is 15.3 Å². The number of carbonyl (C=O) groups excluding carboxylic acids is 4. The third kappa shape index (κ3) is 6.51. The molecule has 1 unspecified atom stereocenters. The summed E-state index contributed by atoms with van der Waals surface area (Å²) in [5, 5.41) is 2.83. The normalized spacial score (nSPS) is 24.1. The fourth-order valence-electron chi connectivity index (χ4n) is 5.46. The lowest BCUT2D eigenvalue weighted by atomic mass is 9.94. The van der Waals surface area contributed by atoms with Crippen molar-refractivity contribution in [3.8, 4) is 10.4 Å². The number of thioether (sulfide) groups is 1. The van der Waals surface area contributed by atoms with E-state index in [1.165, 1.54) is 4.90 Å². The monoisotopic (exact) mass is 614 g/mol. The second kappa shape index (κ2) is 12.7. The van der Waals surface area contributed by atoms with Gasteiger partial charge in [-0.05, 0) is 75.1 Å². The summed E-state index contributed by atoms with van der Waals surface area (Å²) < 4.78 is 5.24. The standard InChI is InChI=1S/C30H38N4O6S2/c1-29(2)27(37)34(28(38)33(29)3)19-25(36)31-21-10-8-9-20(17-21)22-12-13-23(42-22)30(14-5-7-16-41-30)18-24(35)32-40-26-11-4-6-15-39-26/h8-10,12-13,17,26H,4-7,11,14-16,18-19H2,1-3H3,(H,31,36)(H,32,35)/t26?,30-/m0/s1. The largest absolute Gasteiger partial charge is 0.350 e. The molecule has 5 rings (SSSR count). The van der Waals surface area contributed by atoms with E-state index in [-0.39, 0.29) is 23.5 Å². The van der Waals surface area contributed by atoms with Gasteiger partial charge in [0.15, 0.2) is 6.29 Å². The van der Waals surface area contributed by atoms with Crippen LogP contribution in [0, 0.1) is 0 Å². The lowest BCUT2D eigenvalue weighted by Crippen LogP contribution is -2.42. The number of hydrogen-bond donors (Lipinski definition) is 2. The molecule has 2 N–H and O–H groups in total. The van der Waals surface area contributed by atoms with Crippen LogP contribution in [0.5, 0.6) is 0 Å². The van der Waals surface area contributed by atoms with Gasteiger partial charge in [0, 0.05) is 41.9 Å². The van der Waals surface area contributed by atoms with Crippen molar-refractivity contribution in [2.75, 3.05) is 31.3 Å². The van der Waals surface area contributed by atoms with E-state index in [2.05, 4.69) is 22.9 Å². The van der Waals surface area contributed by atoms with Crippen molar-refractivity contribution < 1.29 is 28.8 Å². The lowest BCUT2D eigenvalue weighted by molar-refractivity contribution is -0.200. The highest BCUT2D eigenvalue weighted by Gasteiger charge is 2.49. The second-order valence-electron chi connectivity index (χ2n) is 11.5. The summed E-state index contributed by atoms with van der Waals surface area (Å²) in [5.41, 5.74) is 3.15. The Bertz CT molecular complexity index is 1330. The molecule has 0 aliphatic carbocycles. The number of likely N-dealkylation sites (N-methyl/N-ethyl adjacent to an activating group) is 1. The molecule has 2 aromatic rings. The van der Waals surface area contributed by atoms with Gasteiger partial charge in [0.25, 0.3) is 5.91 Å². The zero-order valence-electron chi connectivity index (χ0n) is 24.3. The van der Waals surface area contributed by atoms with E-state index >= 15 is 0 Å². The number of ether oxygens (including phenoxy) is 1. The Morgan fingerprint density at radius 2 is 1.93 bits per heavy atom. The number of anilines is 1. The molecule has 12 heteroatoms. The lowest BCUT2D eigenvalue weighted by Gasteiger charge is -2.35. The minimum Gasteiger partial charge on any atom is -0.350 e. The quantitative estimate of drug-likeness (QED) is 0.298. The molecule has 3 saturated heterocycles. The van der Waals surface area contributed by atoms with Gasteiger partial charge in [0.2, 0.25) is 11.8 Å². The Balaban J connectivity index is 1.25. The van der Waals surface area contributed by atoms with Crippen LogP contribution in [0.4, 0.5) is 10.5 Å². The number of imide groups is 1. The van der Waals surface area contributed by atoms with E-state index in [9.17, 15) is 19.2 Å². The molecule has 2 atom stereocenters. The second-order valence-corrected chi connectivity index (χ2v) is 14.1. The molecule has 3 fully saturated rings. The number of rotatable bonds is 9. The number of hydroxylamine groups is 1. The minimum absolute atomic E-state index is 0.150. The molecular weight excluding hydrogens is 576 g/mol. The molecule has 226 valence electrons. The predicted molar refractivity (Wildman–Crippen MR) is 163 cm³/mol. The van der Waals surface area contributed by atoms with Crippen molar-refractivity contribution >= 4 is 52.5 Å². The molecule has 4 heterocycles. The van der Waals surface area contributed by atoms with Gasteiger partial charge >= 0.3 is 6.03 Å². The summed E-state index contributed by atoms with van der Waals surface area (Å²) in [6.07, 6.45) is 5.83. The first-order valence-corrected chi connectivity index (χ1v) is 16.2. The Labute approximate surface area is 254 Å². The maximum absolute atomic E-state index is 13.0. The maximum Gasteiger partial charge on any atom is 0.327 e. The van der Waals surface area contributed by atoms with Gasteiger partial charge in [-0.25, -0.2) is 15.1 Å². The smallest absolute Gasteiger partial charge is 0.327 e. The first-order valence-electron chi connectivity index (χ1n) is 14.4. The first-order chi connectivity index (χ1) is 20.1. The van der Waals surface area contributed by atoms with Gasteiger partial charge < -0.3 is 15.0 Å². The molecule has 0 bridgehead atoms. The molecule has 0 radical (unpaired) electrons. The predicted octanol–water partition coefficient (Wildman–Crippen LogP) is 5.10. The van der Waals surface area contributed by atoms with Crippen LogP contribution >= 0.6 is 23.1 Å². The average Bonchev–Trinajstić information content (AvgIpc) is 3.54. The molecule has 5 amide bonds. The van der Waals surface area contributed by atoms with E-state index in [1.807, 2.05) is 30.0 Å². The summed E-state index contributed by atoms with van der Waals surface area (Å²) in [5.74, 6) is -0.00927. The van der Waals surface area contributed by atoms with Gasteiger partial charge in [0.1, 0.15) is 12.1 Å². The number of carbonyl (C=O) groups is 4. The number of hydrogen-bond acceptors (Lipinski definition) is 8. The van der Waals surface area contributed by atoms with E-state index in [1.54, 1.807) is 38.3 Å². The van der Waals surface area contributed by atoms with Crippen LogP contribution in [0.3, 0.4) is 0 Å². The van der Waals surface area contributed by atoms with E-state index in [0.717, 1.165) is 64.5 Å². The molecule has 0 saturated carbocycles. The molecule has 42 heavy (non-hydrogen) atoms. The minimum atomic E-state index is -0.986. The summed E-state index contributed by atoms with van der Waals surface area (Å²) in [4.78, 5) is 61.0. The fraction of sp³-hybridized carbons (Fsp3) is 0.533. The van der Waals surface area contributed by atoms with Crippen molar-refractivity contribution in [2.24, 2.45) is 0 Å².